The lowest BCUT2D eigenvalue weighted by molar-refractivity contribution is -0.141. The number of ether oxygens (including phenoxy) is 1. The van der Waals surface area contributed by atoms with Gasteiger partial charge < -0.3 is 14.7 Å². The number of anilines is 1. The Balaban J connectivity index is 1.59. The van der Waals surface area contributed by atoms with Crippen LogP contribution in [0, 0.1) is 6.92 Å². The number of carbonyl (C=O) groups excluding carboxylic acids is 2. The maximum Gasteiger partial charge on any atom is 0.264 e. The van der Waals surface area contributed by atoms with Gasteiger partial charge in [-0.1, -0.05) is 54.6 Å². The van der Waals surface area contributed by atoms with Crippen LogP contribution < -0.4 is 9.64 Å². The standard InChI is InChI=1S/C24H23NO4/c1-16-7-5-11-20-22(16)25(23(27)24(20,28)15-17(2)26)13-14-29-21-12-6-9-18-8-3-4-10-19(18)21/h3-12,28H,13-15H2,1-2H3. The maximum atomic E-state index is 13.1. The fourth-order valence-corrected chi connectivity index (χ4v) is 4.10. The summed E-state index contributed by atoms with van der Waals surface area (Å²) in [6, 6.07) is 19.2. The van der Waals surface area contributed by atoms with Gasteiger partial charge in [-0.25, -0.2) is 0 Å². The van der Waals surface area contributed by atoms with Gasteiger partial charge in [0.15, 0.2) is 5.60 Å². The van der Waals surface area contributed by atoms with Gasteiger partial charge in [-0.3, -0.25) is 9.59 Å². The highest BCUT2D eigenvalue weighted by atomic mass is 16.5. The third kappa shape index (κ3) is 3.28. The molecule has 148 valence electrons. The van der Waals surface area contributed by atoms with Crippen molar-refractivity contribution < 1.29 is 19.4 Å². The number of Topliss-reactive ketones (excluding diaryl/α,β-unsaturated/α-hetero) is 1. The molecule has 0 bridgehead atoms. The van der Waals surface area contributed by atoms with Crippen molar-refractivity contribution in [3.05, 3.63) is 71.8 Å². The van der Waals surface area contributed by atoms with Crippen LogP contribution in [0.2, 0.25) is 0 Å². The number of amides is 1. The minimum absolute atomic E-state index is 0.233. The number of hydrogen-bond donors (Lipinski definition) is 1. The second-order valence-corrected chi connectivity index (χ2v) is 7.49. The van der Waals surface area contributed by atoms with E-state index in [4.69, 9.17) is 4.74 Å². The molecule has 1 amide bonds. The largest absolute Gasteiger partial charge is 0.491 e. The van der Waals surface area contributed by atoms with E-state index in [2.05, 4.69) is 0 Å². The molecule has 0 saturated heterocycles. The number of para-hydroxylation sites is 1. The first-order chi connectivity index (χ1) is 13.9. The number of carbonyl (C=O) groups is 2. The van der Waals surface area contributed by atoms with Gasteiger partial charge in [0.2, 0.25) is 0 Å². The van der Waals surface area contributed by atoms with E-state index in [-0.39, 0.29) is 25.4 Å². The third-order valence-corrected chi connectivity index (χ3v) is 5.38. The number of rotatable bonds is 6. The van der Waals surface area contributed by atoms with Crippen LogP contribution in [-0.4, -0.2) is 29.9 Å². The van der Waals surface area contributed by atoms with E-state index in [0.29, 0.717) is 11.3 Å². The topological polar surface area (TPSA) is 66.8 Å². The second kappa shape index (κ2) is 7.33. The molecule has 0 aromatic heterocycles. The van der Waals surface area contributed by atoms with Gasteiger partial charge in [0.25, 0.3) is 5.91 Å². The van der Waals surface area contributed by atoms with Crippen LogP contribution in [0.3, 0.4) is 0 Å². The Bertz CT molecular complexity index is 1100. The summed E-state index contributed by atoms with van der Waals surface area (Å²) in [7, 11) is 0. The summed E-state index contributed by atoms with van der Waals surface area (Å²) in [5.41, 5.74) is 0.221. The predicted molar refractivity (Wildman–Crippen MR) is 112 cm³/mol. The summed E-state index contributed by atoms with van der Waals surface area (Å²) >= 11 is 0. The zero-order valence-corrected chi connectivity index (χ0v) is 16.5. The van der Waals surface area contributed by atoms with Crippen LogP contribution >= 0.6 is 0 Å². The SMILES string of the molecule is CC(=O)CC1(O)C(=O)N(CCOc2cccc3ccccc23)c2c(C)cccc21. The Labute approximate surface area is 169 Å². The van der Waals surface area contributed by atoms with E-state index in [1.807, 2.05) is 55.5 Å². The Hall–Kier alpha value is -3.18. The summed E-state index contributed by atoms with van der Waals surface area (Å²) in [6.45, 7) is 3.82. The van der Waals surface area contributed by atoms with E-state index in [1.165, 1.54) is 6.92 Å². The molecule has 5 nitrogen and oxygen atoms in total. The van der Waals surface area contributed by atoms with Gasteiger partial charge in [-0.2, -0.15) is 0 Å². The monoisotopic (exact) mass is 389 g/mol. The van der Waals surface area contributed by atoms with Gasteiger partial charge in [0.05, 0.1) is 12.2 Å². The molecule has 1 heterocycles. The number of aryl methyl sites for hydroxylation is 1. The van der Waals surface area contributed by atoms with Gasteiger partial charge >= 0.3 is 0 Å². The highest BCUT2D eigenvalue weighted by molar-refractivity contribution is 6.09. The normalized spacial score (nSPS) is 18.2. The van der Waals surface area contributed by atoms with E-state index >= 15 is 0 Å². The van der Waals surface area contributed by atoms with Gasteiger partial charge in [-0.05, 0) is 30.9 Å². The van der Waals surface area contributed by atoms with Crippen LogP contribution in [0.1, 0.15) is 24.5 Å². The molecule has 1 atom stereocenters. The lowest BCUT2D eigenvalue weighted by Crippen LogP contribution is -2.43. The first-order valence-electron chi connectivity index (χ1n) is 9.66. The van der Waals surface area contributed by atoms with E-state index < -0.39 is 11.5 Å². The molecule has 3 aromatic rings. The molecule has 0 fully saturated rings. The molecule has 0 spiro atoms. The molecular formula is C24H23NO4. The number of ketones is 1. The Kier molecular flexibility index (Phi) is 4.84. The summed E-state index contributed by atoms with van der Waals surface area (Å²) in [6.07, 6.45) is -0.233. The highest BCUT2D eigenvalue weighted by Crippen LogP contribution is 2.44. The van der Waals surface area contributed by atoms with Crippen molar-refractivity contribution in [3.8, 4) is 5.75 Å². The van der Waals surface area contributed by atoms with Crippen LogP contribution in [0.15, 0.2) is 60.7 Å². The van der Waals surface area contributed by atoms with Crippen LogP contribution in [0.25, 0.3) is 10.8 Å². The molecule has 1 unspecified atom stereocenters. The quantitative estimate of drug-likeness (QED) is 0.697. The highest BCUT2D eigenvalue weighted by Gasteiger charge is 2.50. The van der Waals surface area contributed by atoms with Crippen LogP contribution in [0.5, 0.6) is 5.75 Å². The molecule has 1 aliphatic heterocycles. The fourth-order valence-electron chi connectivity index (χ4n) is 4.10. The van der Waals surface area contributed by atoms with Crippen LogP contribution in [-0.2, 0) is 15.2 Å². The summed E-state index contributed by atoms with van der Waals surface area (Å²) in [4.78, 5) is 26.4. The van der Waals surface area contributed by atoms with Gasteiger partial charge in [0, 0.05) is 17.4 Å². The lowest BCUT2D eigenvalue weighted by atomic mass is 9.89. The van der Waals surface area contributed by atoms with Crippen molar-refractivity contribution >= 4 is 28.2 Å². The molecular weight excluding hydrogens is 366 g/mol. The maximum absolute atomic E-state index is 13.1. The fraction of sp³-hybridized carbons (Fsp3) is 0.250. The van der Waals surface area contributed by atoms with E-state index in [9.17, 15) is 14.7 Å². The number of hydrogen-bond acceptors (Lipinski definition) is 4. The van der Waals surface area contributed by atoms with Crippen molar-refractivity contribution in [1.82, 2.24) is 0 Å². The van der Waals surface area contributed by atoms with E-state index in [0.717, 1.165) is 22.1 Å². The third-order valence-electron chi connectivity index (χ3n) is 5.38. The number of benzene rings is 3. The van der Waals surface area contributed by atoms with Crippen molar-refractivity contribution in [3.63, 3.8) is 0 Å². The first kappa shape index (κ1) is 19.2. The molecule has 0 aliphatic carbocycles. The number of nitrogens with zero attached hydrogens (tertiary/aromatic N) is 1. The average molecular weight is 389 g/mol. The summed E-state index contributed by atoms with van der Waals surface area (Å²) in [5.74, 6) is 0.0411. The van der Waals surface area contributed by atoms with Gasteiger partial charge in [0.1, 0.15) is 18.1 Å². The molecule has 4 rings (SSSR count). The van der Waals surface area contributed by atoms with Crippen LogP contribution in [0.4, 0.5) is 5.69 Å². The van der Waals surface area contributed by atoms with Crippen molar-refractivity contribution in [2.24, 2.45) is 0 Å². The molecule has 3 aromatic carbocycles. The Morgan fingerprint density at radius 3 is 2.59 bits per heavy atom. The zero-order chi connectivity index (χ0) is 20.6. The number of aliphatic hydroxyl groups is 1. The Morgan fingerprint density at radius 2 is 1.79 bits per heavy atom. The average Bonchev–Trinajstić information content (AvgIpc) is 2.90. The molecule has 0 saturated carbocycles. The molecule has 0 radical (unpaired) electrons. The minimum Gasteiger partial charge on any atom is -0.491 e. The number of fused-ring (bicyclic) bond motifs is 2. The lowest BCUT2D eigenvalue weighted by Gasteiger charge is -2.22. The predicted octanol–water partition coefficient (Wildman–Crippen LogP) is 3.74. The first-order valence-corrected chi connectivity index (χ1v) is 9.66. The smallest absolute Gasteiger partial charge is 0.264 e. The molecule has 1 aliphatic rings. The molecule has 29 heavy (non-hydrogen) atoms. The summed E-state index contributed by atoms with van der Waals surface area (Å²) < 4.78 is 5.99. The van der Waals surface area contributed by atoms with E-state index in [1.54, 1.807) is 17.0 Å². The Morgan fingerprint density at radius 1 is 1.07 bits per heavy atom. The van der Waals surface area contributed by atoms with Gasteiger partial charge in [-0.15, -0.1) is 0 Å². The molecule has 1 N–H and O–H groups in total. The van der Waals surface area contributed by atoms with Crippen molar-refractivity contribution in [2.45, 2.75) is 25.9 Å². The minimum atomic E-state index is -1.81. The second-order valence-electron chi connectivity index (χ2n) is 7.49. The zero-order valence-electron chi connectivity index (χ0n) is 16.5. The van der Waals surface area contributed by atoms with Crippen molar-refractivity contribution in [1.29, 1.82) is 0 Å². The summed E-state index contributed by atoms with van der Waals surface area (Å²) in [5, 5.41) is 13.2. The van der Waals surface area contributed by atoms with Crippen molar-refractivity contribution in [2.75, 3.05) is 18.1 Å². The molecule has 5 heteroatoms.